The van der Waals surface area contributed by atoms with E-state index in [1.807, 2.05) is 61.5 Å². The Morgan fingerprint density at radius 2 is 1.67 bits per heavy atom. The van der Waals surface area contributed by atoms with Gasteiger partial charge >= 0.3 is 5.97 Å². The summed E-state index contributed by atoms with van der Waals surface area (Å²) in [6, 6.07) is 17.4. The number of carbonyl (C=O) groups is 1. The maximum atomic E-state index is 11.9. The molecule has 0 amide bonds. The van der Waals surface area contributed by atoms with Crippen molar-refractivity contribution < 1.29 is 14.3 Å². The van der Waals surface area contributed by atoms with Crippen LogP contribution in [0.25, 0.3) is 0 Å². The van der Waals surface area contributed by atoms with E-state index in [9.17, 15) is 4.79 Å². The fraction of sp³-hybridized carbons (Fsp3) is 0.278. The maximum absolute atomic E-state index is 11.9. The van der Waals surface area contributed by atoms with Gasteiger partial charge in [0.2, 0.25) is 0 Å². The standard InChI is InChI=1S/C18H20O3/c1-14(12-16-8-10-17(20-2)11-9-16)21-18(19)13-15-6-4-3-5-7-15/h3-11,14H,12-13H2,1-2H3. The van der Waals surface area contributed by atoms with Gasteiger partial charge in [-0.2, -0.15) is 0 Å². The van der Waals surface area contributed by atoms with Gasteiger partial charge < -0.3 is 9.47 Å². The molecule has 0 N–H and O–H groups in total. The molecule has 0 aliphatic heterocycles. The van der Waals surface area contributed by atoms with E-state index in [4.69, 9.17) is 9.47 Å². The highest BCUT2D eigenvalue weighted by Gasteiger charge is 2.11. The second kappa shape index (κ2) is 7.48. The SMILES string of the molecule is COc1ccc(CC(C)OC(=O)Cc2ccccc2)cc1. The van der Waals surface area contributed by atoms with Crippen molar-refractivity contribution in [1.82, 2.24) is 0 Å². The summed E-state index contributed by atoms with van der Waals surface area (Å²) < 4.78 is 10.6. The molecule has 1 unspecified atom stereocenters. The summed E-state index contributed by atoms with van der Waals surface area (Å²) >= 11 is 0. The van der Waals surface area contributed by atoms with Crippen molar-refractivity contribution >= 4 is 5.97 Å². The van der Waals surface area contributed by atoms with Crippen LogP contribution < -0.4 is 4.74 Å². The molecule has 0 spiro atoms. The van der Waals surface area contributed by atoms with Gasteiger partial charge in [0.25, 0.3) is 0 Å². The van der Waals surface area contributed by atoms with Crippen molar-refractivity contribution in [1.29, 1.82) is 0 Å². The molecule has 0 saturated heterocycles. The second-order valence-electron chi connectivity index (χ2n) is 5.02. The number of esters is 1. The highest BCUT2D eigenvalue weighted by atomic mass is 16.5. The summed E-state index contributed by atoms with van der Waals surface area (Å²) in [4.78, 5) is 11.9. The van der Waals surface area contributed by atoms with Gasteiger partial charge in [0, 0.05) is 6.42 Å². The molecule has 0 fully saturated rings. The minimum atomic E-state index is -0.192. The molecule has 0 heterocycles. The van der Waals surface area contributed by atoms with Crippen LogP contribution in [-0.4, -0.2) is 19.2 Å². The molecule has 0 aliphatic carbocycles. The number of benzene rings is 2. The predicted octanol–water partition coefficient (Wildman–Crippen LogP) is 3.41. The lowest BCUT2D eigenvalue weighted by Gasteiger charge is -2.13. The fourth-order valence-electron chi connectivity index (χ4n) is 2.16. The minimum absolute atomic E-state index is 0.144. The van der Waals surface area contributed by atoms with E-state index in [-0.39, 0.29) is 12.1 Å². The zero-order valence-electron chi connectivity index (χ0n) is 12.4. The largest absolute Gasteiger partial charge is 0.497 e. The number of carbonyl (C=O) groups excluding carboxylic acids is 1. The van der Waals surface area contributed by atoms with E-state index in [1.165, 1.54) is 0 Å². The molecule has 0 aromatic heterocycles. The Morgan fingerprint density at radius 3 is 2.29 bits per heavy atom. The van der Waals surface area contributed by atoms with Crippen molar-refractivity contribution in [3.05, 3.63) is 65.7 Å². The summed E-state index contributed by atoms with van der Waals surface area (Å²) in [5, 5.41) is 0. The lowest BCUT2D eigenvalue weighted by molar-refractivity contribution is -0.147. The predicted molar refractivity (Wildman–Crippen MR) is 82.4 cm³/mol. The molecule has 0 aliphatic rings. The number of hydrogen-bond acceptors (Lipinski definition) is 3. The van der Waals surface area contributed by atoms with Gasteiger partial charge in [-0.1, -0.05) is 42.5 Å². The Labute approximate surface area is 125 Å². The monoisotopic (exact) mass is 284 g/mol. The van der Waals surface area contributed by atoms with E-state index in [0.717, 1.165) is 16.9 Å². The van der Waals surface area contributed by atoms with Gasteiger partial charge in [0.15, 0.2) is 0 Å². The Hall–Kier alpha value is -2.29. The van der Waals surface area contributed by atoms with Gasteiger partial charge in [0.05, 0.1) is 13.5 Å². The normalized spacial score (nSPS) is 11.7. The molecule has 2 rings (SSSR count). The lowest BCUT2D eigenvalue weighted by atomic mass is 10.1. The molecule has 3 heteroatoms. The van der Waals surface area contributed by atoms with E-state index in [0.29, 0.717) is 12.8 Å². The lowest BCUT2D eigenvalue weighted by Crippen LogP contribution is -2.18. The second-order valence-corrected chi connectivity index (χ2v) is 5.02. The van der Waals surface area contributed by atoms with E-state index >= 15 is 0 Å². The third-order valence-electron chi connectivity index (χ3n) is 3.21. The third kappa shape index (κ3) is 4.95. The molecule has 1 atom stereocenters. The van der Waals surface area contributed by atoms with Crippen LogP contribution in [0.15, 0.2) is 54.6 Å². The molecule has 110 valence electrons. The van der Waals surface area contributed by atoms with E-state index < -0.39 is 0 Å². The molecule has 2 aromatic rings. The number of rotatable bonds is 6. The van der Waals surface area contributed by atoms with Crippen molar-refractivity contribution in [2.45, 2.75) is 25.9 Å². The first-order valence-electron chi connectivity index (χ1n) is 7.03. The Bertz CT molecular complexity index is 561. The molecule has 2 aromatic carbocycles. The molecule has 21 heavy (non-hydrogen) atoms. The Kier molecular flexibility index (Phi) is 5.38. The summed E-state index contributed by atoms with van der Waals surface area (Å²) in [6.07, 6.45) is 0.868. The maximum Gasteiger partial charge on any atom is 0.310 e. The number of ether oxygens (including phenoxy) is 2. The highest BCUT2D eigenvalue weighted by Crippen LogP contribution is 2.14. The van der Waals surface area contributed by atoms with Crippen molar-refractivity contribution in [3.63, 3.8) is 0 Å². The van der Waals surface area contributed by atoms with Crippen molar-refractivity contribution in [2.75, 3.05) is 7.11 Å². The van der Waals surface area contributed by atoms with Crippen molar-refractivity contribution in [3.8, 4) is 5.75 Å². The summed E-state index contributed by atoms with van der Waals surface area (Å²) in [6.45, 7) is 1.91. The van der Waals surface area contributed by atoms with Crippen LogP contribution in [0, 0.1) is 0 Å². The first-order chi connectivity index (χ1) is 10.2. The number of methoxy groups -OCH3 is 1. The molecule has 0 radical (unpaired) electrons. The first kappa shape index (κ1) is 15.1. The van der Waals surface area contributed by atoms with E-state index in [2.05, 4.69) is 0 Å². The molecule has 0 saturated carbocycles. The average molecular weight is 284 g/mol. The molecule has 3 nitrogen and oxygen atoms in total. The fourth-order valence-corrected chi connectivity index (χ4v) is 2.16. The zero-order valence-corrected chi connectivity index (χ0v) is 12.4. The van der Waals surface area contributed by atoms with Gasteiger partial charge in [0.1, 0.15) is 11.9 Å². The summed E-state index contributed by atoms with van der Waals surface area (Å²) in [5.74, 6) is 0.634. The van der Waals surface area contributed by atoms with Crippen LogP contribution in [0.4, 0.5) is 0 Å². The zero-order chi connectivity index (χ0) is 15.1. The van der Waals surface area contributed by atoms with E-state index in [1.54, 1.807) is 7.11 Å². The van der Waals surface area contributed by atoms with Gasteiger partial charge in [-0.3, -0.25) is 4.79 Å². The molecular formula is C18H20O3. The molecular weight excluding hydrogens is 264 g/mol. The minimum Gasteiger partial charge on any atom is -0.497 e. The Balaban J connectivity index is 1.83. The van der Waals surface area contributed by atoms with Crippen molar-refractivity contribution in [2.24, 2.45) is 0 Å². The van der Waals surface area contributed by atoms with Crippen LogP contribution in [0.3, 0.4) is 0 Å². The highest BCUT2D eigenvalue weighted by molar-refractivity contribution is 5.72. The van der Waals surface area contributed by atoms with Crippen LogP contribution in [-0.2, 0) is 22.4 Å². The number of hydrogen-bond donors (Lipinski definition) is 0. The Morgan fingerprint density at radius 1 is 1.00 bits per heavy atom. The average Bonchev–Trinajstić information content (AvgIpc) is 2.48. The topological polar surface area (TPSA) is 35.5 Å². The van der Waals surface area contributed by atoms with Crippen LogP contribution in [0.2, 0.25) is 0 Å². The van der Waals surface area contributed by atoms with Crippen LogP contribution in [0.1, 0.15) is 18.1 Å². The van der Waals surface area contributed by atoms with Gasteiger partial charge in [-0.05, 0) is 30.2 Å². The van der Waals surface area contributed by atoms with Gasteiger partial charge in [-0.15, -0.1) is 0 Å². The van der Waals surface area contributed by atoms with Crippen LogP contribution >= 0.6 is 0 Å². The smallest absolute Gasteiger partial charge is 0.310 e. The quantitative estimate of drug-likeness (QED) is 0.763. The molecule has 0 bridgehead atoms. The van der Waals surface area contributed by atoms with Gasteiger partial charge in [-0.25, -0.2) is 0 Å². The summed E-state index contributed by atoms with van der Waals surface area (Å²) in [5.41, 5.74) is 2.09. The summed E-state index contributed by atoms with van der Waals surface area (Å²) in [7, 11) is 1.64. The van der Waals surface area contributed by atoms with Crippen LogP contribution in [0.5, 0.6) is 5.75 Å². The third-order valence-corrected chi connectivity index (χ3v) is 3.21. The first-order valence-corrected chi connectivity index (χ1v) is 7.03.